The smallest absolute Gasteiger partial charge is 0.115 e. The maximum atomic E-state index is 6.19. The van der Waals surface area contributed by atoms with Crippen molar-refractivity contribution in [1.29, 1.82) is 0 Å². The van der Waals surface area contributed by atoms with Gasteiger partial charge in [0.05, 0.1) is 17.3 Å². The number of nitrogens with zero attached hydrogens (tertiary/aromatic N) is 2. The van der Waals surface area contributed by atoms with Gasteiger partial charge in [0, 0.05) is 12.8 Å². The zero-order valence-electron chi connectivity index (χ0n) is 12.0. The first kappa shape index (κ1) is 14.3. The second-order valence-corrected chi connectivity index (χ2v) is 7.02. The standard InChI is InChI=1S/C15H23N3OS/c1-16-14(13-2-6-17-11-18-13)12-3-7-19-15(10-12)4-8-20-9-5-15/h2,6,11-12,14,16H,3-5,7-10H2,1H3. The third-order valence-electron chi connectivity index (χ3n) is 4.64. The van der Waals surface area contributed by atoms with Gasteiger partial charge in [-0.25, -0.2) is 9.97 Å². The van der Waals surface area contributed by atoms with E-state index in [0.717, 1.165) is 25.1 Å². The van der Waals surface area contributed by atoms with Gasteiger partial charge in [0.25, 0.3) is 0 Å². The highest BCUT2D eigenvalue weighted by Gasteiger charge is 2.41. The predicted octanol–water partition coefficient (Wildman–Crippen LogP) is 2.43. The van der Waals surface area contributed by atoms with Gasteiger partial charge in [-0.1, -0.05) is 0 Å². The molecule has 5 heteroatoms. The third-order valence-corrected chi connectivity index (χ3v) is 5.63. The molecule has 2 fully saturated rings. The molecular formula is C15H23N3OS. The molecule has 1 aromatic rings. The number of hydrogen-bond acceptors (Lipinski definition) is 5. The highest BCUT2D eigenvalue weighted by Crippen LogP contribution is 2.43. The van der Waals surface area contributed by atoms with Gasteiger partial charge in [-0.15, -0.1) is 0 Å². The topological polar surface area (TPSA) is 47.0 Å². The Morgan fingerprint density at radius 3 is 3.00 bits per heavy atom. The summed E-state index contributed by atoms with van der Waals surface area (Å²) in [4.78, 5) is 8.46. The molecule has 4 nitrogen and oxygen atoms in total. The molecule has 0 radical (unpaired) electrons. The molecule has 1 spiro atoms. The van der Waals surface area contributed by atoms with Crippen molar-refractivity contribution in [2.75, 3.05) is 25.2 Å². The van der Waals surface area contributed by atoms with E-state index in [-0.39, 0.29) is 5.60 Å². The van der Waals surface area contributed by atoms with E-state index in [4.69, 9.17) is 4.74 Å². The summed E-state index contributed by atoms with van der Waals surface area (Å²) in [5.41, 5.74) is 1.24. The number of ether oxygens (including phenoxy) is 1. The van der Waals surface area contributed by atoms with E-state index >= 15 is 0 Å². The Kier molecular flexibility index (Phi) is 4.58. The fraction of sp³-hybridized carbons (Fsp3) is 0.733. The van der Waals surface area contributed by atoms with Crippen molar-refractivity contribution in [2.24, 2.45) is 5.92 Å². The van der Waals surface area contributed by atoms with Gasteiger partial charge in [0.1, 0.15) is 6.33 Å². The van der Waals surface area contributed by atoms with Crippen molar-refractivity contribution < 1.29 is 4.74 Å². The van der Waals surface area contributed by atoms with Crippen molar-refractivity contribution >= 4 is 11.8 Å². The SMILES string of the molecule is CNC(c1ccncn1)C1CCOC2(CCSCC2)C1. The van der Waals surface area contributed by atoms with E-state index in [1.165, 1.54) is 24.3 Å². The Morgan fingerprint density at radius 2 is 2.30 bits per heavy atom. The monoisotopic (exact) mass is 293 g/mol. The fourth-order valence-electron chi connectivity index (χ4n) is 3.55. The van der Waals surface area contributed by atoms with Gasteiger partial charge in [0.2, 0.25) is 0 Å². The molecule has 0 amide bonds. The molecule has 2 unspecified atom stereocenters. The molecule has 1 N–H and O–H groups in total. The Hall–Kier alpha value is -0.650. The maximum Gasteiger partial charge on any atom is 0.115 e. The van der Waals surface area contributed by atoms with Crippen LogP contribution in [0.15, 0.2) is 18.6 Å². The summed E-state index contributed by atoms with van der Waals surface area (Å²) in [5, 5.41) is 3.46. The number of aromatic nitrogens is 2. The second kappa shape index (κ2) is 6.41. The van der Waals surface area contributed by atoms with E-state index in [1.54, 1.807) is 6.33 Å². The molecule has 2 aliphatic rings. The van der Waals surface area contributed by atoms with E-state index in [2.05, 4.69) is 27.0 Å². The molecule has 2 atom stereocenters. The maximum absolute atomic E-state index is 6.19. The van der Waals surface area contributed by atoms with Crippen molar-refractivity contribution in [3.63, 3.8) is 0 Å². The summed E-state index contributed by atoms with van der Waals surface area (Å²) < 4.78 is 6.19. The van der Waals surface area contributed by atoms with Crippen LogP contribution >= 0.6 is 11.8 Å². The Balaban J connectivity index is 1.75. The molecular weight excluding hydrogens is 270 g/mol. The molecule has 3 rings (SSSR count). The molecule has 110 valence electrons. The molecule has 20 heavy (non-hydrogen) atoms. The van der Waals surface area contributed by atoms with Crippen molar-refractivity contribution in [3.8, 4) is 0 Å². The second-order valence-electron chi connectivity index (χ2n) is 5.80. The molecule has 2 aliphatic heterocycles. The van der Waals surface area contributed by atoms with Crippen molar-refractivity contribution in [2.45, 2.75) is 37.3 Å². The molecule has 0 aliphatic carbocycles. The zero-order chi connectivity index (χ0) is 13.8. The minimum atomic E-state index is 0.135. The molecule has 0 saturated carbocycles. The average molecular weight is 293 g/mol. The van der Waals surface area contributed by atoms with Crippen LogP contribution in [0.25, 0.3) is 0 Å². The number of thioether (sulfide) groups is 1. The lowest BCUT2D eigenvalue weighted by Crippen LogP contribution is -2.45. The van der Waals surface area contributed by atoms with Crippen LogP contribution in [0.3, 0.4) is 0 Å². The number of rotatable bonds is 3. The van der Waals surface area contributed by atoms with Crippen LogP contribution in [0.4, 0.5) is 0 Å². The summed E-state index contributed by atoms with van der Waals surface area (Å²) in [5.74, 6) is 3.08. The summed E-state index contributed by atoms with van der Waals surface area (Å²) in [7, 11) is 2.03. The lowest BCUT2D eigenvalue weighted by Gasteiger charge is -2.45. The van der Waals surface area contributed by atoms with Crippen LogP contribution in [-0.2, 0) is 4.74 Å². The van der Waals surface area contributed by atoms with Crippen LogP contribution in [0.5, 0.6) is 0 Å². The summed E-state index contributed by atoms with van der Waals surface area (Å²) in [6.07, 6.45) is 8.15. The van der Waals surface area contributed by atoms with E-state index < -0.39 is 0 Å². The highest BCUT2D eigenvalue weighted by molar-refractivity contribution is 7.99. The lowest BCUT2D eigenvalue weighted by molar-refractivity contribution is -0.107. The van der Waals surface area contributed by atoms with Crippen molar-refractivity contribution in [1.82, 2.24) is 15.3 Å². The van der Waals surface area contributed by atoms with Crippen LogP contribution in [0.1, 0.15) is 37.4 Å². The molecule has 0 aromatic carbocycles. The van der Waals surface area contributed by atoms with Crippen LogP contribution < -0.4 is 5.32 Å². The van der Waals surface area contributed by atoms with Gasteiger partial charge in [-0.05, 0) is 56.2 Å². The van der Waals surface area contributed by atoms with E-state index in [1.807, 2.05) is 19.3 Å². The minimum Gasteiger partial charge on any atom is -0.375 e. The van der Waals surface area contributed by atoms with E-state index in [0.29, 0.717) is 12.0 Å². The predicted molar refractivity (Wildman–Crippen MR) is 81.8 cm³/mol. The Bertz CT molecular complexity index is 417. The summed E-state index contributed by atoms with van der Waals surface area (Å²) in [6.45, 7) is 0.887. The molecule has 1 aromatic heterocycles. The summed E-state index contributed by atoms with van der Waals surface area (Å²) in [6, 6.07) is 2.34. The number of hydrogen-bond donors (Lipinski definition) is 1. The minimum absolute atomic E-state index is 0.135. The first-order valence-corrected chi connectivity index (χ1v) is 8.63. The molecule has 0 bridgehead atoms. The van der Waals surface area contributed by atoms with Gasteiger partial charge in [0.15, 0.2) is 0 Å². The normalized spacial score (nSPS) is 27.4. The Labute approximate surface area is 125 Å². The average Bonchev–Trinajstić information content (AvgIpc) is 2.50. The highest BCUT2D eigenvalue weighted by atomic mass is 32.2. The van der Waals surface area contributed by atoms with E-state index in [9.17, 15) is 0 Å². The Morgan fingerprint density at radius 1 is 1.45 bits per heavy atom. The number of nitrogens with one attached hydrogen (secondary N) is 1. The van der Waals surface area contributed by atoms with Crippen LogP contribution in [0, 0.1) is 5.92 Å². The summed E-state index contributed by atoms with van der Waals surface area (Å²) >= 11 is 2.06. The van der Waals surface area contributed by atoms with Gasteiger partial charge in [-0.3, -0.25) is 0 Å². The van der Waals surface area contributed by atoms with Gasteiger partial charge < -0.3 is 10.1 Å². The van der Waals surface area contributed by atoms with Gasteiger partial charge >= 0.3 is 0 Å². The quantitative estimate of drug-likeness (QED) is 0.927. The van der Waals surface area contributed by atoms with Crippen molar-refractivity contribution in [3.05, 3.63) is 24.3 Å². The molecule has 3 heterocycles. The lowest BCUT2D eigenvalue weighted by atomic mass is 9.78. The first-order chi connectivity index (χ1) is 9.83. The third kappa shape index (κ3) is 3.00. The fourth-order valence-corrected chi connectivity index (χ4v) is 4.79. The largest absolute Gasteiger partial charge is 0.375 e. The van der Waals surface area contributed by atoms with Crippen LogP contribution in [0.2, 0.25) is 0 Å². The molecule has 2 saturated heterocycles. The van der Waals surface area contributed by atoms with Gasteiger partial charge in [-0.2, -0.15) is 11.8 Å². The zero-order valence-corrected chi connectivity index (χ0v) is 12.9. The van der Waals surface area contributed by atoms with Crippen LogP contribution in [-0.4, -0.2) is 40.7 Å². The first-order valence-electron chi connectivity index (χ1n) is 7.48.